The number of hydrogen-bond acceptors (Lipinski definition) is 5. The summed E-state index contributed by atoms with van der Waals surface area (Å²) in [5.74, 6) is -0.200. The fraction of sp³-hybridized carbons (Fsp3) is 0.588. The summed E-state index contributed by atoms with van der Waals surface area (Å²) in [4.78, 5) is -0.121. The lowest BCUT2D eigenvalue weighted by Crippen LogP contribution is -2.31. The van der Waals surface area contributed by atoms with Gasteiger partial charge < -0.3 is 9.84 Å². The lowest BCUT2D eigenvalue weighted by molar-refractivity contribution is 0.0843. The van der Waals surface area contributed by atoms with Crippen LogP contribution in [0.2, 0.25) is 0 Å². The van der Waals surface area contributed by atoms with Gasteiger partial charge in [-0.25, -0.2) is 17.2 Å². The Balaban J connectivity index is 1.95. The molecule has 0 bridgehead atoms. The van der Waals surface area contributed by atoms with Crippen LogP contribution in [-0.2, 0) is 16.3 Å². The largest absolute Gasteiger partial charge is 0.490 e. The third kappa shape index (κ3) is 3.48. The molecule has 0 spiro atoms. The van der Waals surface area contributed by atoms with Crippen molar-refractivity contribution >= 4 is 9.84 Å². The number of benzene rings is 1. The van der Waals surface area contributed by atoms with Crippen molar-refractivity contribution in [2.24, 2.45) is 5.92 Å². The second-order valence-electron chi connectivity index (χ2n) is 6.76. The Morgan fingerprint density at radius 3 is 2.64 bits per heavy atom. The minimum absolute atomic E-state index is 0.0249. The Morgan fingerprint density at radius 2 is 2.00 bits per heavy atom. The van der Waals surface area contributed by atoms with Crippen LogP contribution in [0.25, 0.3) is 0 Å². The number of hydrogen-bond donors (Lipinski definition) is 1. The predicted molar refractivity (Wildman–Crippen MR) is 85.4 cm³/mol. The van der Waals surface area contributed by atoms with Crippen LogP contribution in [0.1, 0.15) is 36.5 Å². The lowest BCUT2D eigenvalue weighted by atomic mass is 9.87. The molecule has 1 N–H and O–H groups in total. The monoisotopic (exact) mass is 371 g/mol. The molecule has 2 aliphatic carbocycles. The maximum Gasteiger partial charge on any atom is 0.175 e. The first-order chi connectivity index (χ1) is 11.7. The molecule has 2 aliphatic rings. The minimum Gasteiger partial charge on any atom is -0.490 e. The van der Waals surface area contributed by atoms with E-state index in [1.54, 1.807) is 0 Å². The molecule has 0 aromatic heterocycles. The predicted octanol–water partition coefficient (Wildman–Crippen LogP) is 2.43. The SMILES string of the molecule is CS(=O)(=O)c1ccc(OC2CC(C#N)C[C@H](F)C2)c2c1[C@H](O)[C@H](F)C2. The van der Waals surface area contributed by atoms with E-state index in [9.17, 15) is 22.3 Å². The Bertz CT molecular complexity index is 821. The van der Waals surface area contributed by atoms with Gasteiger partial charge in [-0.2, -0.15) is 5.26 Å². The number of sulfone groups is 1. The number of alkyl halides is 2. The fourth-order valence-electron chi connectivity index (χ4n) is 3.66. The van der Waals surface area contributed by atoms with E-state index in [4.69, 9.17) is 10.00 Å². The zero-order valence-corrected chi connectivity index (χ0v) is 14.5. The fourth-order valence-corrected chi connectivity index (χ4v) is 4.62. The molecule has 5 atom stereocenters. The molecule has 3 rings (SSSR count). The second kappa shape index (κ2) is 6.54. The van der Waals surface area contributed by atoms with Gasteiger partial charge in [-0.15, -0.1) is 0 Å². The van der Waals surface area contributed by atoms with Gasteiger partial charge in [0.05, 0.1) is 16.9 Å². The summed E-state index contributed by atoms with van der Waals surface area (Å²) in [5, 5.41) is 19.1. The third-order valence-electron chi connectivity index (χ3n) is 4.79. The van der Waals surface area contributed by atoms with Gasteiger partial charge in [0, 0.05) is 36.6 Å². The van der Waals surface area contributed by atoms with Gasteiger partial charge in [-0.05, 0) is 18.6 Å². The Morgan fingerprint density at radius 1 is 1.28 bits per heavy atom. The van der Waals surface area contributed by atoms with Crippen molar-refractivity contribution in [2.45, 2.75) is 55.1 Å². The molecule has 0 radical (unpaired) electrons. The molecule has 5 nitrogen and oxygen atoms in total. The Labute approximate surface area is 145 Å². The number of halogens is 2. The summed E-state index contributed by atoms with van der Waals surface area (Å²) in [6.45, 7) is 0. The topological polar surface area (TPSA) is 87.4 Å². The third-order valence-corrected chi connectivity index (χ3v) is 5.95. The van der Waals surface area contributed by atoms with Gasteiger partial charge in [-0.3, -0.25) is 0 Å². The van der Waals surface area contributed by atoms with Crippen molar-refractivity contribution in [3.05, 3.63) is 23.3 Å². The van der Waals surface area contributed by atoms with Crippen LogP contribution >= 0.6 is 0 Å². The van der Waals surface area contributed by atoms with E-state index in [1.165, 1.54) is 12.1 Å². The summed E-state index contributed by atoms with van der Waals surface area (Å²) < 4.78 is 57.4. The molecule has 2 unspecified atom stereocenters. The van der Waals surface area contributed by atoms with E-state index >= 15 is 0 Å². The van der Waals surface area contributed by atoms with Crippen molar-refractivity contribution in [1.82, 2.24) is 0 Å². The van der Waals surface area contributed by atoms with E-state index in [-0.39, 0.29) is 35.5 Å². The second-order valence-corrected chi connectivity index (χ2v) is 8.75. The number of nitrogens with zero attached hydrogens (tertiary/aromatic N) is 1. The first-order valence-corrected chi connectivity index (χ1v) is 9.98. The maximum atomic E-state index is 14.0. The van der Waals surface area contributed by atoms with Gasteiger partial charge >= 0.3 is 0 Å². The van der Waals surface area contributed by atoms with Crippen molar-refractivity contribution in [1.29, 1.82) is 5.26 Å². The summed E-state index contributed by atoms with van der Waals surface area (Å²) in [6, 6.07) is 4.75. The molecular weight excluding hydrogens is 352 g/mol. The molecule has 1 fully saturated rings. The summed E-state index contributed by atoms with van der Waals surface area (Å²) >= 11 is 0. The van der Waals surface area contributed by atoms with Gasteiger partial charge in [0.1, 0.15) is 30.3 Å². The average Bonchev–Trinajstić information content (AvgIpc) is 2.82. The van der Waals surface area contributed by atoms with Gasteiger partial charge in [0.15, 0.2) is 9.84 Å². The highest BCUT2D eigenvalue weighted by Crippen LogP contribution is 2.43. The number of rotatable bonds is 3. The van der Waals surface area contributed by atoms with Crippen molar-refractivity contribution in [3.8, 4) is 11.8 Å². The quantitative estimate of drug-likeness (QED) is 0.882. The van der Waals surface area contributed by atoms with Gasteiger partial charge in [0.2, 0.25) is 0 Å². The summed E-state index contributed by atoms with van der Waals surface area (Å²) in [5.41, 5.74) is 0.328. The van der Waals surface area contributed by atoms with Gasteiger partial charge in [-0.1, -0.05) is 0 Å². The minimum atomic E-state index is -3.64. The highest BCUT2D eigenvalue weighted by Gasteiger charge is 2.38. The van der Waals surface area contributed by atoms with Gasteiger partial charge in [0.25, 0.3) is 0 Å². The van der Waals surface area contributed by atoms with E-state index < -0.39 is 40.3 Å². The smallest absolute Gasteiger partial charge is 0.175 e. The molecule has 8 heteroatoms. The molecule has 0 saturated heterocycles. The zero-order valence-electron chi connectivity index (χ0n) is 13.7. The van der Waals surface area contributed by atoms with Crippen LogP contribution in [-0.4, -0.2) is 38.2 Å². The van der Waals surface area contributed by atoms with Crippen LogP contribution < -0.4 is 4.74 Å². The van der Waals surface area contributed by atoms with E-state index in [1.807, 2.05) is 6.07 Å². The average molecular weight is 371 g/mol. The van der Waals surface area contributed by atoms with Crippen molar-refractivity contribution in [2.75, 3.05) is 6.26 Å². The molecule has 0 amide bonds. The number of fused-ring (bicyclic) bond motifs is 1. The number of aliphatic hydroxyl groups is 1. The van der Waals surface area contributed by atoms with Crippen LogP contribution in [0.5, 0.6) is 5.75 Å². The number of nitriles is 1. The summed E-state index contributed by atoms with van der Waals surface area (Å²) in [6.07, 6.45) is -3.35. The normalized spacial score (nSPS) is 32.0. The van der Waals surface area contributed by atoms with E-state index in [0.29, 0.717) is 12.0 Å². The van der Waals surface area contributed by atoms with Crippen LogP contribution in [0, 0.1) is 17.2 Å². The van der Waals surface area contributed by atoms with Crippen LogP contribution in [0.4, 0.5) is 8.78 Å². The first-order valence-electron chi connectivity index (χ1n) is 8.09. The Hall–Kier alpha value is -1.72. The maximum absolute atomic E-state index is 14.0. The molecule has 1 aromatic rings. The van der Waals surface area contributed by atoms with Crippen LogP contribution in [0.3, 0.4) is 0 Å². The zero-order chi connectivity index (χ0) is 18.4. The highest BCUT2D eigenvalue weighted by atomic mass is 32.2. The summed E-state index contributed by atoms with van der Waals surface area (Å²) in [7, 11) is -3.64. The molecule has 25 heavy (non-hydrogen) atoms. The lowest BCUT2D eigenvalue weighted by Gasteiger charge is -2.29. The van der Waals surface area contributed by atoms with E-state index in [2.05, 4.69) is 0 Å². The van der Waals surface area contributed by atoms with E-state index in [0.717, 1.165) is 6.26 Å². The molecule has 136 valence electrons. The molecule has 1 saturated carbocycles. The van der Waals surface area contributed by atoms with Crippen molar-refractivity contribution < 1.29 is 27.0 Å². The molecular formula is C17H19F2NO4S. The molecule has 0 heterocycles. The number of aliphatic hydroxyl groups excluding tert-OH is 1. The van der Waals surface area contributed by atoms with Crippen LogP contribution in [0.15, 0.2) is 17.0 Å². The molecule has 1 aromatic carbocycles. The van der Waals surface area contributed by atoms with Crippen molar-refractivity contribution in [3.63, 3.8) is 0 Å². The standard InChI is InChI=1S/C17H19F2NO4S/c1-25(22,23)15-3-2-14(12-7-13(19)17(21)16(12)15)24-11-5-9(8-20)4-10(18)6-11/h2-3,9-11,13,17,21H,4-7H2,1H3/t9?,10-,11?,13+,17+/m0/s1. The molecule has 0 aliphatic heterocycles. The first kappa shape index (κ1) is 18.1. The highest BCUT2D eigenvalue weighted by molar-refractivity contribution is 7.90. The Kier molecular flexibility index (Phi) is 4.73. The number of ether oxygens (including phenoxy) is 1.